The highest BCUT2D eigenvalue weighted by Crippen LogP contribution is 2.44. The number of Topliss-reactive ketones (excluding diaryl/α,β-unsaturated/α-hetero) is 1. The van der Waals surface area contributed by atoms with E-state index in [2.05, 4.69) is 86.9 Å². The summed E-state index contributed by atoms with van der Waals surface area (Å²) in [7, 11) is 1.44. The molecule has 1 N–H and O–H groups in total. The van der Waals surface area contributed by atoms with Gasteiger partial charge >= 0.3 is 11.9 Å². The van der Waals surface area contributed by atoms with E-state index in [1.165, 1.54) is 21.1 Å². The lowest BCUT2D eigenvalue weighted by atomic mass is 9.82. The van der Waals surface area contributed by atoms with E-state index in [-0.39, 0.29) is 27.7 Å². The van der Waals surface area contributed by atoms with E-state index in [1.54, 1.807) is 14.2 Å². The zero-order valence-electron chi connectivity index (χ0n) is 40.2. The number of hydrogen-bond acceptors (Lipinski definition) is 12. The monoisotopic (exact) mass is 873 g/mol. The summed E-state index contributed by atoms with van der Waals surface area (Å²) < 4.78 is 40.4. The van der Waals surface area contributed by atoms with Crippen LogP contribution in [-0.2, 0) is 44.0 Å². The molecule has 14 heteroatoms. The Hall–Kier alpha value is -3.57. The molecule has 1 aliphatic rings. The van der Waals surface area contributed by atoms with Crippen molar-refractivity contribution in [3.8, 4) is 11.5 Å². The summed E-state index contributed by atoms with van der Waals surface area (Å²) in [6, 6.07) is 14.9. The number of carbonyl (C=O) groups excluding carboxylic acids is 3. The Morgan fingerprint density at radius 3 is 1.60 bits per heavy atom. The summed E-state index contributed by atoms with van der Waals surface area (Å²) in [5.74, 6) is 0.461. The van der Waals surface area contributed by atoms with Crippen LogP contribution in [0.2, 0.25) is 36.3 Å². The third-order valence-corrected chi connectivity index (χ3v) is 21.3. The van der Waals surface area contributed by atoms with Gasteiger partial charge in [-0.3, -0.25) is 10.1 Å². The van der Waals surface area contributed by atoms with Crippen LogP contribution in [-0.4, -0.2) is 98.1 Å². The molecule has 0 aromatic heterocycles. The maximum absolute atomic E-state index is 13.2. The molecule has 2 aromatic carbocycles. The molecule has 0 spiro atoms. The van der Waals surface area contributed by atoms with Crippen LogP contribution in [0.15, 0.2) is 53.5 Å². The average molecular weight is 873 g/mol. The van der Waals surface area contributed by atoms with Crippen LogP contribution in [0.3, 0.4) is 0 Å². The summed E-state index contributed by atoms with van der Waals surface area (Å²) in [6.45, 7) is 33.2. The van der Waals surface area contributed by atoms with E-state index in [1.807, 2.05) is 69.3 Å². The Balaban J connectivity index is 0.000000413. The third-order valence-electron chi connectivity index (χ3n) is 12.4. The first-order valence-corrected chi connectivity index (χ1v) is 26.7. The minimum absolute atomic E-state index is 0.0112. The molecule has 3 rings (SSSR count). The number of ketones is 1. The lowest BCUT2D eigenvalue weighted by molar-refractivity contribution is -0.160. The molecular weight excluding hydrogens is 797 g/mol. The smallest absolute Gasteiger partial charge is 0.340 e. The molecule has 12 nitrogen and oxygen atoms in total. The fraction of sp³-hybridized carbons (Fsp3) is 0.652. The van der Waals surface area contributed by atoms with Crippen LogP contribution in [0.5, 0.6) is 11.5 Å². The Bertz CT molecular complexity index is 1760. The SMILES string of the molecule is COC(=O)[C@](NCc1ccc(OC)cc1)(C(C)=O)[C@@H](O[Si](C)(C)C(C)(C)C)C(C)C.COC(=O)[C@]1([C@@H](O[Si](C)(C)C(C)(C)C)C(C)C)N=C(c2ccc(OC)cc2)O[C@@H]1C. The van der Waals surface area contributed by atoms with Gasteiger partial charge in [0.25, 0.3) is 0 Å². The summed E-state index contributed by atoms with van der Waals surface area (Å²) in [5.41, 5.74) is -1.17. The quantitative estimate of drug-likeness (QED) is 0.0925. The van der Waals surface area contributed by atoms with Crippen molar-refractivity contribution in [1.82, 2.24) is 5.32 Å². The van der Waals surface area contributed by atoms with Gasteiger partial charge in [-0.2, -0.15) is 0 Å². The molecular formula is C46H76N2O10Si2. The molecule has 1 heterocycles. The van der Waals surface area contributed by atoms with Crippen molar-refractivity contribution < 1.29 is 46.9 Å². The number of methoxy groups -OCH3 is 4. The molecule has 0 amide bonds. The molecule has 0 saturated carbocycles. The number of aliphatic imine (C=N–C) groups is 1. The number of nitrogens with zero attached hydrogens (tertiary/aromatic N) is 1. The first kappa shape index (κ1) is 52.6. The van der Waals surface area contributed by atoms with Gasteiger partial charge in [0, 0.05) is 12.1 Å². The molecule has 2 aromatic rings. The van der Waals surface area contributed by atoms with Gasteiger partial charge in [0.15, 0.2) is 22.4 Å². The van der Waals surface area contributed by atoms with Gasteiger partial charge in [-0.15, -0.1) is 0 Å². The molecule has 1 aliphatic heterocycles. The fourth-order valence-corrected chi connectivity index (χ4v) is 9.42. The Kier molecular flexibility index (Phi) is 18.0. The van der Waals surface area contributed by atoms with Gasteiger partial charge in [0.05, 0.1) is 40.6 Å². The van der Waals surface area contributed by atoms with Gasteiger partial charge in [0.2, 0.25) is 17.0 Å². The molecule has 5 atom stereocenters. The van der Waals surface area contributed by atoms with Crippen molar-refractivity contribution in [1.29, 1.82) is 0 Å². The second-order valence-electron chi connectivity index (χ2n) is 19.4. The van der Waals surface area contributed by atoms with Crippen LogP contribution in [0.25, 0.3) is 0 Å². The number of benzene rings is 2. The van der Waals surface area contributed by atoms with Crippen LogP contribution < -0.4 is 14.8 Å². The van der Waals surface area contributed by atoms with Gasteiger partial charge < -0.3 is 32.5 Å². The molecule has 60 heavy (non-hydrogen) atoms. The van der Waals surface area contributed by atoms with E-state index >= 15 is 0 Å². The number of esters is 2. The fourth-order valence-electron chi connectivity index (χ4n) is 6.55. The lowest BCUT2D eigenvalue weighted by Gasteiger charge is -2.46. The third kappa shape index (κ3) is 11.7. The molecule has 0 radical (unpaired) electrons. The Morgan fingerprint density at radius 2 is 1.22 bits per heavy atom. The van der Waals surface area contributed by atoms with Gasteiger partial charge in [-0.05, 0) is 104 Å². The normalized spacial score (nSPS) is 19.2. The van der Waals surface area contributed by atoms with E-state index in [9.17, 15) is 14.4 Å². The van der Waals surface area contributed by atoms with E-state index in [0.29, 0.717) is 12.4 Å². The minimum atomic E-state index is -2.28. The largest absolute Gasteiger partial charge is 0.497 e. The second kappa shape index (κ2) is 20.5. The number of nitrogens with one attached hydrogen (secondary N) is 1. The highest BCUT2D eigenvalue weighted by atomic mass is 28.4. The van der Waals surface area contributed by atoms with Crippen molar-refractivity contribution in [2.75, 3.05) is 28.4 Å². The van der Waals surface area contributed by atoms with E-state index < -0.39 is 58.0 Å². The summed E-state index contributed by atoms with van der Waals surface area (Å²) in [6.07, 6.45) is -1.67. The van der Waals surface area contributed by atoms with E-state index in [4.69, 9.17) is 37.5 Å². The van der Waals surface area contributed by atoms with Crippen molar-refractivity contribution >= 4 is 40.3 Å². The molecule has 0 saturated heterocycles. The average Bonchev–Trinajstić information content (AvgIpc) is 3.52. The Morgan fingerprint density at radius 1 is 0.750 bits per heavy atom. The van der Waals surface area contributed by atoms with Gasteiger partial charge in [-0.1, -0.05) is 81.4 Å². The predicted octanol–water partition coefficient (Wildman–Crippen LogP) is 9.15. The topological polar surface area (TPSA) is 140 Å². The maximum atomic E-state index is 13.2. The van der Waals surface area contributed by atoms with Crippen LogP contribution in [0, 0.1) is 11.8 Å². The van der Waals surface area contributed by atoms with Crippen LogP contribution in [0.1, 0.15) is 94.2 Å². The molecule has 0 fully saturated rings. The molecule has 0 aliphatic carbocycles. The number of ether oxygens (including phenoxy) is 5. The number of hydrogen-bond donors (Lipinski definition) is 1. The van der Waals surface area contributed by atoms with Gasteiger partial charge in [-0.25, -0.2) is 14.6 Å². The van der Waals surface area contributed by atoms with Crippen molar-refractivity contribution in [2.24, 2.45) is 16.8 Å². The molecule has 338 valence electrons. The standard InChI is InChI=1S/C23H37NO5Si.C23H39NO5Si/c1-15(2)19(29-30(9,10)22(4,5)6)23(21(25)27-8)16(3)28-20(24-23)17-11-13-18(26-7)14-12-17;1-16(2)20(29-30(9,10)22(4,5)6)23(17(3)25,21(26)28-8)24-15-18-11-13-19(27-7)14-12-18/h11-16,19H,1-10H3;11-14,16,20,24H,15H2,1-10H3/t16-,19+,23+;20-,23-/m10/s1. The minimum Gasteiger partial charge on any atom is -0.497 e. The summed E-state index contributed by atoms with van der Waals surface area (Å²) >= 11 is 0. The first-order valence-electron chi connectivity index (χ1n) is 20.8. The second-order valence-corrected chi connectivity index (χ2v) is 28.9. The summed E-state index contributed by atoms with van der Waals surface area (Å²) in [5, 5.41) is 3.14. The van der Waals surface area contributed by atoms with E-state index in [0.717, 1.165) is 22.6 Å². The molecule has 0 unspecified atom stereocenters. The van der Waals surface area contributed by atoms with Crippen molar-refractivity contribution in [3.63, 3.8) is 0 Å². The van der Waals surface area contributed by atoms with Crippen LogP contribution >= 0.6 is 0 Å². The first-order chi connectivity index (χ1) is 27.5. The number of rotatable bonds is 17. The zero-order chi connectivity index (χ0) is 46.2. The predicted molar refractivity (Wildman–Crippen MR) is 244 cm³/mol. The zero-order valence-corrected chi connectivity index (χ0v) is 42.2. The molecule has 0 bridgehead atoms. The lowest BCUT2D eigenvalue weighted by Crippen LogP contribution is -2.69. The van der Waals surface area contributed by atoms with Crippen molar-refractivity contribution in [3.05, 3.63) is 59.7 Å². The van der Waals surface area contributed by atoms with Gasteiger partial charge in [0.1, 0.15) is 17.6 Å². The number of carbonyl (C=O) groups is 3. The van der Waals surface area contributed by atoms with Crippen molar-refractivity contribution in [2.45, 2.75) is 155 Å². The van der Waals surface area contributed by atoms with Crippen LogP contribution in [0.4, 0.5) is 0 Å². The highest BCUT2D eigenvalue weighted by molar-refractivity contribution is 6.74. The maximum Gasteiger partial charge on any atom is 0.340 e. The summed E-state index contributed by atoms with van der Waals surface area (Å²) in [4.78, 5) is 44.2. The highest BCUT2D eigenvalue weighted by Gasteiger charge is 2.60. The Labute approximate surface area is 363 Å².